The number of hydrogen-bond acceptors (Lipinski definition) is 5. The molecule has 0 bridgehead atoms. The zero-order chi connectivity index (χ0) is 17.5. The van der Waals surface area contributed by atoms with E-state index in [9.17, 15) is 9.90 Å². The zero-order valence-corrected chi connectivity index (χ0v) is 14.0. The minimum absolute atomic E-state index is 0.00560. The van der Waals surface area contributed by atoms with E-state index in [4.69, 9.17) is 4.74 Å². The summed E-state index contributed by atoms with van der Waals surface area (Å²) in [6.45, 7) is 2.22. The van der Waals surface area contributed by atoms with Crippen LogP contribution in [-0.4, -0.2) is 46.8 Å². The second-order valence-corrected chi connectivity index (χ2v) is 6.16. The van der Waals surface area contributed by atoms with Gasteiger partial charge in [-0.3, -0.25) is 9.88 Å². The van der Waals surface area contributed by atoms with Crippen molar-refractivity contribution in [1.82, 2.24) is 9.88 Å². The van der Waals surface area contributed by atoms with E-state index in [1.165, 1.54) is 17.2 Å². The molecule has 25 heavy (non-hydrogen) atoms. The lowest BCUT2D eigenvalue weighted by atomic mass is 10.00. The van der Waals surface area contributed by atoms with Crippen molar-refractivity contribution in [3.05, 3.63) is 71.6 Å². The summed E-state index contributed by atoms with van der Waals surface area (Å²) in [5.41, 5.74) is 3.50. The number of ether oxygens (including phenoxy) is 1. The van der Waals surface area contributed by atoms with E-state index in [1.54, 1.807) is 24.5 Å². The summed E-state index contributed by atoms with van der Waals surface area (Å²) in [7, 11) is 0. The number of hydrogen-bond donors (Lipinski definition) is 1. The van der Waals surface area contributed by atoms with E-state index in [-0.39, 0.29) is 6.61 Å². The Bertz CT molecular complexity index is 731. The van der Waals surface area contributed by atoms with Gasteiger partial charge in [-0.05, 0) is 35.3 Å². The first kappa shape index (κ1) is 17.3. The van der Waals surface area contributed by atoms with Crippen LogP contribution in [-0.2, 0) is 22.5 Å². The van der Waals surface area contributed by atoms with Gasteiger partial charge in [0.15, 0.2) is 0 Å². The summed E-state index contributed by atoms with van der Waals surface area (Å²) in [5, 5.41) is 10.1. The van der Waals surface area contributed by atoms with Gasteiger partial charge in [0.2, 0.25) is 0 Å². The maximum absolute atomic E-state index is 11.7. The Morgan fingerprint density at radius 2 is 2.12 bits per heavy atom. The van der Waals surface area contributed by atoms with Gasteiger partial charge in [-0.2, -0.15) is 0 Å². The molecule has 5 nitrogen and oxygen atoms in total. The molecule has 1 N–H and O–H groups in total. The molecule has 1 aromatic heterocycles. The van der Waals surface area contributed by atoms with Crippen LogP contribution in [0.5, 0.6) is 0 Å². The molecular formula is C20H22N2O3. The fraction of sp³-hybridized carbons (Fsp3) is 0.300. The van der Waals surface area contributed by atoms with Crippen LogP contribution in [0, 0.1) is 0 Å². The molecule has 2 aromatic rings. The van der Waals surface area contributed by atoms with Gasteiger partial charge in [0, 0.05) is 38.1 Å². The Morgan fingerprint density at radius 1 is 1.28 bits per heavy atom. The van der Waals surface area contributed by atoms with Crippen LogP contribution in [0.4, 0.5) is 0 Å². The summed E-state index contributed by atoms with van der Waals surface area (Å²) >= 11 is 0. The Hall–Kier alpha value is -2.50. The zero-order valence-electron chi connectivity index (χ0n) is 14.0. The molecule has 1 aliphatic rings. The maximum atomic E-state index is 11.7. The van der Waals surface area contributed by atoms with E-state index < -0.39 is 12.1 Å². The molecule has 1 atom stereocenters. The molecule has 0 saturated carbocycles. The predicted molar refractivity (Wildman–Crippen MR) is 95.7 cm³/mol. The SMILES string of the molecule is O=C(/C=C\c1cccnc1)OCC(O)CN1CCc2ccccc2C1. The van der Waals surface area contributed by atoms with E-state index >= 15 is 0 Å². The monoisotopic (exact) mass is 338 g/mol. The number of aromatic nitrogens is 1. The van der Waals surface area contributed by atoms with Crippen molar-refractivity contribution in [3.8, 4) is 0 Å². The third-order valence-electron chi connectivity index (χ3n) is 4.19. The highest BCUT2D eigenvalue weighted by atomic mass is 16.5. The first-order valence-electron chi connectivity index (χ1n) is 8.43. The third-order valence-corrected chi connectivity index (χ3v) is 4.19. The van der Waals surface area contributed by atoms with Crippen molar-refractivity contribution >= 4 is 12.0 Å². The number of carbonyl (C=O) groups excluding carboxylic acids is 1. The number of benzene rings is 1. The Morgan fingerprint density at radius 3 is 2.92 bits per heavy atom. The first-order chi connectivity index (χ1) is 12.2. The average molecular weight is 338 g/mol. The summed E-state index contributed by atoms with van der Waals surface area (Å²) in [4.78, 5) is 17.9. The van der Waals surface area contributed by atoms with Gasteiger partial charge in [-0.15, -0.1) is 0 Å². The van der Waals surface area contributed by atoms with Gasteiger partial charge in [0.1, 0.15) is 12.7 Å². The van der Waals surface area contributed by atoms with E-state index in [0.717, 1.165) is 25.1 Å². The number of fused-ring (bicyclic) bond motifs is 1. The van der Waals surface area contributed by atoms with Crippen molar-refractivity contribution in [2.24, 2.45) is 0 Å². The fourth-order valence-corrected chi connectivity index (χ4v) is 2.93. The largest absolute Gasteiger partial charge is 0.460 e. The molecule has 0 radical (unpaired) electrons. The molecule has 1 unspecified atom stereocenters. The lowest BCUT2D eigenvalue weighted by Gasteiger charge is -2.30. The summed E-state index contributed by atoms with van der Waals surface area (Å²) in [5.74, 6) is -0.466. The highest BCUT2D eigenvalue weighted by Crippen LogP contribution is 2.18. The number of carbonyl (C=O) groups is 1. The Labute approximate surface area is 147 Å². The lowest BCUT2D eigenvalue weighted by molar-refractivity contribution is -0.141. The van der Waals surface area contributed by atoms with Crippen LogP contribution in [0.25, 0.3) is 6.08 Å². The normalized spacial score (nSPS) is 15.7. The molecule has 0 aliphatic carbocycles. The molecule has 0 saturated heterocycles. The predicted octanol–water partition coefficient (Wildman–Crippen LogP) is 2.06. The summed E-state index contributed by atoms with van der Waals surface area (Å²) < 4.78 is 5.11. The molecule has 0 fully saturated rings. The number of β-amino-alcohol motifs (C(OH)–C–C–N with tert-alkyl or cyclic N) is 1. The standard InChI is InChI=1S/C20H22N2O3/c23-19(14-22-11-9-17-5-1-2-6-18(17)13-22)15-25-20(24)8-7-16-4-3-10-21-12-16/h1-8,10,12,19,23H,9,11,13-15H2/b8-7-. The quantitative estimate of drug-likeness (QED) is 0.645. The Kier molecular flexibility index (Phi) is 5.93. The number of aliphatic hydroxyl groups excluding tert-OH is 1. The van der Waals surface area contributed by atoms with Crippen molar-refractivity contribution in [3.63, 3.8) is 0 Å². The second kappa shape index (κ2) is 8.55. The maximum Gasteiger partial charge on any atom is 0.330 e. The van der Waals surface area contributed by atoms with Gasteiger partial charge >= 0.3 is 5.97 Å². The average Bonchev–Trinajstić information content (AvgIpc) is 2.65. The van der Waals surface area contributed by atoms with Crippen LogP contribution in [0.2, 0.25) is 0 Å². The van der Waals surface area contributed by atoms with E-state index in [2.05, 4.69) is 28.1 Å². The van der Waals surface area contributed by atoms with Gasteiger partial charge < -0.3 is 9.84 Å². The third kappa shape index (κ3) is 5.24. The molecule has 2 heterocycles. The van der Waals surface area contributed by atoms with Crippen LogP contribution < -0.4 is 0 Å². The van der Waals surface area contributed by atoms with Crippen LogP contribution in [0.3, 0.4) is 0 Å². The molecule has 0 spiro atoms. The molecule has 5 heteroatoms. The van der Waals surface area contributed by atoms with Gasteiger partial charge in [0.25, 0.3) is 0 Å². The second-order valence-electron chi connectivity index (χ2n) is 6.16. The van der Waals surface area contributed by atoms with Crippen molar-refractivity contribution in [1.29, 1.82) is 0 Å². The molecule has 0 amide bonds. The molecular weight excluding hydrogens is 316 g/mol. The number of esters is 1. The molecule has 1 aliphatic heterocycles. The number of pyridine rings is 1. The van der Waals surface area contributed by atoms with Crippen molar-refractivity contribution < 1.29 is 14.6 Å². The Balaban J connectivity index is 1.42. The highest BCUT2D eigenvalue weighted by Gasteiger charge is 2.18. The van der Waals surface area contributed by atoms with Crippen molar-refractivity contribution in [2.75, 3.05) is 19.7 Å². The topological polar surface area (TPSA) is 62.7 Å². The highest BCUT2D eigenvalue weighted by molar-refractivity contribution is 5.86. The summed E-state index contributed by atoms with van der Waals surface area (Å²) in [6, 6.07) is 12.0. The van der Waals surface area contributed by atoms with Gasteiger partial charge in [-0.1, -0.05) is 30.3 Å². The fourth-order valence-electron chi connectivity index (χ4n) is 2.93. The minimum Gasteiger partial charge on any atom is -0.460 e. The van der Waals surface area contributed by atoms with Crippen LogP contribution in [0.15, 0.2) is 54.9 Å². The van der Waals surface area contributed by atoms with Crippen molar-refractivity contribution in [2.45, 2.75) is 19.1 Å². The van der Waals surface area contributed by atoms with Gasteiger partial charge in [0.05, 0.1) is 0 Å². The van der Waals surface area contributed by atoms with Crippen LogP contribution >= 0.6 is 0 Å². The van der Waals surface area contributed by atoms with E-state index in [0.29, 0.717) is 6.54 Å². The number of nitrogens with zero attached hydrogens (tertiary/aromatic N) is 2. The summed E-state index contributed by atoms with van der Waals surface area (Å²) in [6.07, 6.45) is 6.61. The molecule has 3 rings (SSSR count). The lowest BCUT2D eigenvalue weighted by Crippen LogP contribution is -2.38. The smallest absolute Gasteiger partial charge is 0.330 e. The molecule has 1 aromatic carbocycles. The molecule has 130 valence electrons. The van der Waals surface area contributed by atoms with Crippen LogP contribution in [0.1, 0.15) is 16.7 Å². The first-order valence-corrected chi connectivity index (χ1v) is 8.43. The number of aliphatic hydroxyl groups is 1. The van der Waals surface area contributed by atoms with E-state index in [1.807, 2.05) is 12.1 Å². The number of rotatable bonds is 6. The minimum atomic E-state index is -0.694. The van der Waals surface area contributed by atoms with Gasteiger partial charge in [-0.25, -0.2) is 4.79 Å².